The number of methoxy groups -OCH3 is 2. The Balaban J connectivity index is 0.000000221. The van der Waals surface area contributed by atoms with E-state index in [1.807, 2.05) is 27.7 Å². The number of carboxylic acid groups (broad SMARTS) is 2. The zero-order valence-electron chi connectivity index (χ0n) is 33.0. The molecule has 4 heterocycles. The van der Waals surface area contributed by atoms with E-state index >= 15 is 0 Å². The SMILES string of the molecule is COCCCOc1cc2c(c(Cl)c1F)-c1cc(=O)c(C(=O)O)cn1[C@@H](C(C)C)C2.COCCCOc1cc2c(c(Cl)c1F)-c1cc(=O)c(C(=O)O)cn1[C@H](C(C)C)C2. The second-order valence-electron chi connectivity index (χ2n) is 14.8. The molecule has 0 spiro atoms. The first-order valence-corrected chi connectivity index (χ1v) is 19.5. The quantitative estimate of drug-likeness (QED) is 0.118. The van der Waals surface area contributed by atoms with Gasteiger partial charge in [-0.1, -0.05) is 50.9 Å². The molecule has 312 valence electrons. The normalized spacial score (nSPS) is 15.2. The predicted molar refractivity (Wildman–Crippen MR) is 215 cm³/mol. The first kappa shape index (κ1) is 44.3. The van der Waals surface area contributed by atoms with Crippen LogP contribution in [0.2, 0.25) is 10.0 Å². The van der Waals surface area contributed by atoms with Gasteiger partial charge in [-0.25, -0.2) is 18.4 Å². The van der Waals surface area contributed by atoms with Crippen LogP contribution in [0.5, 0.6) is 11.5 Å². The van der Waals surface area contributed by atoms with Gasteiger partial charge in [0.1, 0.15) is 11.1 Å². The summed E-state index contributed by atoms with van der Waals surface area (Å²) in [6.07, 6.45) is 4.89. The van der Waals surface area contributed by atoms with Crippen molar-refractivity contribution >= 4 is 35.1 Å². The Morgan fingerprint density at radius 3 is 1.36 bits per heavy atom. The van der Waals surface area contributed by atoms with Crippen LogP contribution < -0.4 is 20.3 Å². The molecule has 2 atom stereocenters. The number of aromatic nitrogens is 2. The molecular formula is C42H46Cl2F2N2O10. The first-order chi connectivity index (χ1) is 27.5. The summed E-state index contributed by atoms with van der Waals surface area (Å²) < 4.78 is 54.3. The lowest BCUT2D eigenvalue weighted by atomic mass is 9.87. The minimum Gasteiger partial charge on any atom is -0.490 e. The number of fused-ring (bicyclic) bond motifs is 6. The van der Waals surface area contributed by atoms with Crippen LogP contribution in [0.25, 0.3) is 22.5 Å². The first-order valence-electron chi connectivity index (χ1n) is 18.8. The van der Waals surface area contributed by atoms with Crippen molar-refractivity contribution in [3.63, 3.8) is 0 Å². The highest BCUT2D eigenvalue weighted by Crippen LogP contribution is 2.46. The number of carboxylic acids is 2. The second kappa shape index (κ2) is 18.9. The number of rotatable bonds is 14. The van der Waals surface area contributed by atoms with E-state index in [1.54, 1.807) is 35.5 Å². The highest BCUT2D eigenvalue weighted by molar-refractivity contribution is 6.34. The van der Waals surface area contributed by atoms with Crippen molar-refractivity contribution in [2.45, 2.75) is 65.5 Å². The maximum atomic E-state index is 14.9. The zero-order chi connectivity index (χ0) is 42.6. The Labute approximate surface area is 343 Å². The van der Waals surface area contributed by atoms with Gasteiger partial charge in [0, 0.05) is 88.0 Å². The van der Waals surface area contributed by atoms with Crippen LogP contribution in [0.15, 0.2) is 46.2 Å². The number of carbonyl (C=O) groups is 2. The molecule has 6 rings (SSSR count). The van der Waals surface area contributed by atoms with Crippen LogP contribution in [-0.2, 0) is 22.3 Å². The number of hydrogen-bond acceptors (Lipinski definition) is 8. The monoisotopic (exact) mass is 846 g/mol. The van der Waals surface area contributed by atoms with E-state index in [1.165, 1.54) is 24.5 Å². The minimum atomic E-state index is -1.30. The molecule has 0 unspecified atom stereocenters. The number of aromatic carboxylic acids is 2. The molecule has 2 N–H and O–H groups in total. The summed E-state index contributed by atoms with van der Waals surface area (Å²) >= 11 is 12.7. The van der Waals surface area contributed by atoms with Gasteiger partial charge < -0.3 is 38.3 Å². The third-order valence-electron chi connectivity index (χ3n) is 10.3. The number of hydrogen-bond donors (Lipinski definition) is 2. The van der Waals surface area contributed by atoms with Gasteiger partial charge in [-0.15, -0.1) is 0 Å². The average molecular weight is 848 g/mol. The molecular weight excluding hydrogens is 801 g/mol. The number of benzene rings is 2. The molecule has 0 bridgehead atoms. The van der Waals surface area contributed by atoms with Gasteiger partial charge in [0.05, 0.1) is 34.6 Å². The number of pyridine rings is 2. The smallest absolute Gasteiger partial charge is 0.341 e. The van der Waals surface area contributed by atoms with Gasteiger partial charge in [-0.2, -0.15) is 0 Å². The third-order valence-corrected chi connectivity index (χ3v) is 11.0. The average Bonchev–Trinajstić information content (AvgIpc) is 3.17. The number of nitrogens with zero attached hydrogens (tertiary/aromatic N) is 2. The van der Waals surface area contributed by atoms with E-state index in [4.69, 9.17) is 42.1 Å². The van der Waals surface area contributed by atoms with Crippen LogP contribution in [0, 0.1) is 23.5 Å². The highest BCUT2D eigenvalue weighted by Gasteiger charge is 2.33. The van der Waals surface area contributed by atoms with Crippen LogP contribution >= 0.6 is 23.2 Å². The summed E-state index contributed by atoms with van der Waals surface area (Å²) in [5.41, 5.74) is 1.22. The summed E-state index contributed by atoms with van der Waals surface area (Å²) in [7, 11) is 3.16. The van der Waals surface area contributed by atoms with E-state index in [9.17, 15) is 38.2 Å². The Hall–Kier alpha value is -4.76. The third kappa shape index (κ3) is 9.10. The lowest BCUT2D eigenvalue weighted by Crippen LogP contribution is -2.28. The van der Waals surface area contributed by atoms with E-state index in [0.717, 1.165) is 11.1 Å². The van der Waals surface area contributed by atoms with Crippen molar-refractivity contribution in [3.05, 3.63) is 101 Å². The van der Waals surface area contributed by atoms with Crippen LogP contribution in [-0.4, -0.2) is 71.9 Å². The summed E-state index contributed by atoms with van der Waals surface area (Å²) in [6.45, 7) is 9.58. The maximum absolute atomic E-state index is 14.9. The highest BCUT2D eigenvalue weighted by atomic mass is 35.5. The number of ether oxygens (including phenoxy) is 4. The molecule has 58 heavy (non-hydrogen) atoms. The number of halogens is 4. The molecule has 0 amide bonds. The van der Waals surface area contributed by atoms with E-state index in [0.29, 0.717) is 61.4 Å². The van der Waals surface area contributed by atoms with Crippen molar-refractivity contribution in [2.75, 3.05) is 40.6 Å². The van der Waals surface area contributed by atoms with Crippen molar-refractivity contribution in [3.8, 4) is 34.0 Å². The van der Waals surface area contributed by atoms with E-state index < -0.39 is 34.4 Å². The molecule has 12 nitrogen and oxygen atoms in total. The molecule has 2 aromatic heterocycles. The maximum Gasteiger partial charge on any atom is 0.341 e. The van der Waals surface area contributed by atoms with E-state index in [-0.39, 0.29) is 69.8 Å². The van der Waals surface area contributed by atoms with Crippen LogP contribution in [0.4, 0.5) is 8.78 Å². The van der Waals surface area contributed by atoms with E-state index in [2.05, 4.69) is 0 Å². The molecule has 16 heteroatoms. The molecule has 0 saturated carbocycles. The minimum absolute atomic E-state index is 0.0605. The van der Waals surface area contributed by atoms with Crippen molar-refractivity contribution in [2.24, 2.45) is 11.8 Å². The molecule has 0 radical (unpaired) electrons. The molecule has 0 saturated heterocycles. The fraction of sp³-hybridized carbons (Fsp3) is 0.429. The standard InChI is InChI=1S/2C21H23ClFNO5/c2*1-11(2)14-7-12-8-17(29-6-4-5-28-3)20(23)19(22)18(12)15-9-16(25)13(21(26)27)10-24(14)15/h2*8-11,14H,4-7H2,1-3H3,(H,26,27)/t2*14-/m10/s1. The fourth-order valence-corrected chi connectivity index (χ4v) is 7.92. The molecule has 0 fully saturated rings. The zero-order valence-corrected chi connectivity index (χ0v) is 34.5. The lowest BCUT2D eigenvalue weighted by Gasteiger charge is -2.34. The van der Waals surface area contributed by atoms with Gasteiger partial charge in [0.15, 0.2) is 34.0 Å². The van der Waals surface area contributed by atoms with Crippen LogP contribution in [0.1, 0.15) is 84.5 Å². The van der Waals surface area contributed by atoms with Gasteiger partial charge >= 0.3 is 11.9 Å². The van der Waals surface area contributed by atoms with Gasteiger partial charge in [-0.3, -0.25) is 9.59 Å². The Morgan fingerprint density at radius 1 is 0.690 bits per heavy atom. The van der Waals surface area contributed by atoms with Gasteiger partial charge in [0.25, 0.3) is 0 Å². The molecule has 2 aliphatic heterocycles. The van der Waals surface area contributed by atoms with Crippen molar-refractivity contribution < 1.29 is 47.5 Å². The summed E-state index contributed by atoms with van der Waals surface area (Å²) in [6, 6.07) is 5.47. The molecule has 2 aromatic carbocycles. The summed E-state index contributed by atoms with van der Waals surface area (Å²) in [5.74, 6) is -3.59. The largest absolute Gasteiger partial charge is 0.490 e. The molecule has 2 aliphatic rings. The summed E-state index contributed by atoms with van der Waals surface area (Å²) in [5, 5.41) is 18.4. The Bertz CT molecular complexity index is 2160. The topological polar surface area (TPSA) is 156 Å². The summed E-state index contributed by atoms with van der Waals surface area (Å²) in [4.78, 5) is 47.5. The molecule has 4 aromatic rings. The predicted octanol–water partition coefficient (Wildman–Crippen LogP) is 8.35. The Morgan fingerprint density at radius 2 is 1.05 bits per heavy atom. The van der Waals surface area contributed by atoms with Crippen molar-refractivity contribution in [1.82, 2.24) is 9.13 Å². The van der Waals surface area contributed by atoms with Crippen molar-refractivity contribution in [1.29, 1.82) is 0 Å². The Kier molecular flexibility index (Phi) is 14.4. The van der Waals surface area contributed by atoms with Crippen LogP contribution in [0.3, 0.4) is 0 Å². The fourth-order valence-electron chi connectivity index (χ4n) is 7.29. The van der Waals surface area contributed by atoms with Gasteiger partial charge in [0.2, 0.25) is 0 Å². The molecule has 0 aliphatic carbocycles. The second-order valence-corrected chi connectivity index (χ2v) is 15.5. The van der Waals surface area contributed by atoms with Gasteiger partial charge in [-0.05, 0) is 47.9 Å². The lowest BCUT2D eigenvalue weighted by molar-refractivity contribution is 0.0683.